The van der Waals surface area contributed by atoms with E-state index in [0.29, 0.717) is 22.4 Å². The number of carbonyl (C=O) groups is 1. The van der Waals surface area contributed by atoms with Crippen molar-refractivity contribution < 1.29 is 9.18 Å². The Kier molecular flexibility index (Phi) is 5.51. The fraction of sp³-hybridized carbons (Fsp3) is 0.292. The van der Waals surface area contributed by atoms with Gasteiger partial charge in [-0.3, -0.25) is 4.79 Å². The number of fused-ring (bicyclic) bond motifs is 1. The third kappa shape index (κ3) is 3.61. The van der Waals surface area contributed by atoms with Gasteiger partial charge in [-0.1, -0.05) is 41.4 Å². The molecule has 1 amide bonds. The number of hydrogen-bond donors (Lipinski definition) is 0. The summed E-state index contributed by atoms with van der Waals surface area (Å²) in [5, 5.41) is 5.35. The maximum absolute atomic E-state index is 14.0. The van der Waals surface area contributed by atoms with Gasteiger partial charge in [-0.15, -0.1) is 0 Å². The van der Waals surface area contributed by atoms with Crippen LogP contribution in [0, 0.1) is 11.7 Å². The zero-order chi connectivity index (χ0) is 22.4. The van der Waals surface area contributed by atoms with Crippen LogP contribution >= 0.6 is 23.2 Å². The maximum atomic E-state index is 14.0. The predicted molar refractivity (Wildman–Crippen MR) is 123 cm³/mol. The van der Waals surface area contributed by atoms with E-state index in [1.807, 2.05) is 24.0 Å². The van der Waals surface area contributed by atoms with Crippen LogP contribution in [0.3, 0.4) is 0 Å². The molecule has 164 valence electrons. The van der Waals surface area contributed by atoms with Crippen LogP contribution in [0.4, 0.5) is 10.2 Å². The molecule has 0 N–H and O–H groups in total. The smallest absolute Gasteiger partial charge is 0.234 e. The summed E-state index contributed by atoms with van der Waals surface area (Å²) in [6.45, 7) is 2.53. The Morgan fingerprint density at radius 3 is 2.56 bits per heavy atom. The Hall–Kier alpha value is -2.70. The quantitative estimate of drug-likeness (QED) is 0.470. The lowest BCUT2D eigenvalue weighted by Crippen LogP contribution is -2.44. The zero-order valence-electron chi connectivity index (χ0n) is 17.4. The van der Waals surface area contributed by atoms with Crippen LogP contribution in [0.5, 0.6) is 0 Å². The van der Waals surface area contributed by atoms with Crippen molar-refractivity contribution in [1.82, 2.24) is 14.7 Å². The molecule has 0 saturated carbocycles. The van der Waals surface area contributed by atoms with Crippen molar-refractivity contribution in [2.45, 2.75) is 31.8 Å². The van der Waals surface area contributed by atoms with Crippen LogP contribution in [0.15, 0.2) is 59.7 Å². The summed E-state index contributed by atoms with van der Waals surface area (Å²) in [6, 6.07) is 13.2. The molecule has 5 rings (SSSR count). The maximum Gasteiger partial charge on any atom is 0.234 e. The lowest BCUT2D eigenvalue weighted by molar-refractivity contribution is -0.135. The van der Waals surface area contributed by atoms with E-state index in [4.69, 9.17) is 23.2 Å². The molecule has 1 saturated heterocycles. The first kappa shape index (κ1) is 21.2. The molecule has 0 radical (unpaired) electrons. The van der Waals surface area contributed by atoms with E-state index in [9.17, 15) is 9.18 Å². The van der Waals surface area contributed by atoms with Gasteiger partial charge < -0.3 is 4.90 Å². The summed E-state index contributed by atoms with van der Waals surface area (Å²) in [6.07, 6.45) is 3.41. The van der Waals surface area contributed by atoms with Gasteiger partial charge in [0.25, 0.3) is 0 Å². The monoisotopic (exact) mass is 470 g/mol. The van der Waals surface area contributed by atoms with Gasteiger partial charge in [-0.05, 0) is 55.2 Å². The van der Waals surface area contributed by atoms with Gasteiger partial charge in [0, 0.05) is 18.3 Å². The van der Waals surface area contributed by atoms with Crippen molar-refractivity contribution in [2.75, 3.05) is 6.54 Å². The fourth-order valence-corrected chi connectivity index (χ4v) is 5.12. The molecule has 5 nitrogen and oxygen atoms in total. The first-order chi connectivity index (χ1) is 15.4. The highest BCUT2D eigenvalue weighted by molar-refractivity contribution is 6.42. The first-order valence-electron chi connectivity index (χ1n) is 10.5. The molecule has 0 aliphatic carbocycles. The van der Waals surface area contributed by atoms with E-state index in [0.717, 1.165) is 29.7 Å². The summed E-state index contributed by atoms with van der Waals surface area (Å²) >= 11 is 12.5. The number of aliphatic imine (C=N–C) groups is 1. The molecular weight excluding hydrogens is 450 g/mol. The van der Waals surface area contributed by atoms with Crippen molar-refractivity contribution in [3.8, 4) is 0 Å². The highest BCUT2D eigenvalue weighted by Crippen LogP contribution is 2.41. The number of benzene rings is 2. The number of hydrogen-bond acceptors (Lipinski definition) is 3. The Bertz CT molecular complexity index is 1210. The molecular formula is C24H21Cl2FN4O. The number of amides is 1. The normalized spacial score (nSPS) is 22.6. The fourth-order valence-electron chi connectivity index (χ4n) is 4.81. The van der Waals surface area contributed by atoms with Crippen LogP contribution < -0.4 is 0 Å². The van der Waals surface area contributed by atoms with Gasteiger partial charge >= 0.3 is 0 Å². The highest BCUT2D eigenvalue weighted by atomic mass is 35.5. The van der Waals surface area contributed by atoms with E-state index in [2.05, 4.69) is 10.1 Å². The van der Waals surface area contributed by atoms with E-state index in [1.54, 1.807) is 35.1 Å². The standard InChI is InChI=1S/C24H21Cl2FN4O/c1-14-22(24(32)30-12-2-3-20(30)15-4-7-17(27)8-5-15)23(31-21(29-14)10-11-28-31)16-6-9-18(25)19(26)13-16/h4-11,13,20,22-23H,2-3,12H2,1H3/t20-,22?,23+/m0/s1. The van der Waals surface area contributed by atoms with Crippen LogP contribution in [-0.2, 0) is 4.79 Å². The van der Waals surface area contributed by atoms with Gasteiger partial charge in [-0.2, -0.15) is 5.10 Å². The Balaban J connectivity index is 1.55. The molecule has 3 atom stereocenters. The molecule has 0 spiro atoms. The summed E-state index contributed by atoms with van der Waals surface area (Å²) in [5.41, 5.74) is 2.51. The second-order valence-corrected chi connectivity index (χ2v) is 9.04. The lowest BCUT2D eigenvalue weighted by atomic mass is 9.86. The molecule has 3 heterocycles. The van der Waals surface area contributed by atoms with Gasteiger partial charge in [0.05, 0.1) is 28.3 Å². The number of nitrogens with zero attached hydrogens (tertiary/aromatic N) is 4. The molecule has 2 aliphatic rings. The average molecular weight is 471 g/mol. The van der Waals surface area contributed by atoms with Crippen molar-refractivity contribution in [3.63, 3.8) is 0 Å². The Morgan fingerprint density at radius 2 is 1.81 bits per heavy atom. The zero-order valence-corrected chi connectivity index (χ0v) is 18.9. The minimum Gasteiger partial charge on any atom is -0.335 e. The van der Waals surface area contributed by atoms with Gasteiger partial charge in [0.2, 0.25) is 5.91 Å². The third-order valence-corrected chi connectivity index (χ3v) is 7.05. The molecule has 1 unspecified atom stereocenters. The topological polar surface area (TPSA) is 50.5 Å². The van der Waals surface area contributed by atoms with E-state index in [1.165, 1.54) is 12.1 Å². The van der Waals surface area contributed by atoms with Crippen LogP contribution in [-0.4, -0.2) is 32.8 Å². The molecule has 1 aromatic heterocycles. The van der Waals surface area contributed by atoms with Crippen LogP contribution in [0.2, 0.25) is 10.0 Å². The van der Waals surface area contributed by atoms with E-state index in [-0.39, 0.29) is 17.8 Å². The van der Waals surface area contributed by atoms with Crippen molar-refractivity contribution in [3.05, 3.63) is 81.7 Å². The second kappa shape index (κ2) is 8.34. The van der Waals surface area contributed by atoms with Gasteiger partial charge in [0.15, 0.2) is 5.82 Å². The summed E-state index contributed by atoms with van der Waals surface area (Å²) in [5.74, 6) is -0.152. The Morgan fingerprint density at radius 1 is 1.06 bits per heavy atom. The largest absolute Gasteiger partial charge is 0.335 e. The van der Waals surface area contributed by atoms with Crippen molar-refractivity contribution in [1.29, 1.82) is 0 Å². The molecule has 8 heteroatoms. The molecule has 2 aliphatic heterocycles. The average Bonchev–Trinajstić information content (AvgIpc) is 3.44. The van der Waals surface area contributed by atoms with E-state index >= 15 is 0 Å². The Labute approximate surface area is 195 Å². The van der Waals surface area contributed by atoms with Crippen molar-refractivity contribution in [2.24, 2.45) is 10.9 Å². The molecule has 1 fully saturated rings. The van der Waals surface area contributed by atoms with Gasteiger partial charge in [-0.25, -0.2) is 14.1 Å². The third-order valence-electron chi connectivity index (χ3n) is 6.31. The number of carbonyl (C=O) groups excluding carboxylic acids is 1. The summed E-state index contributed by atoms with van der Waals surface area (Å²) in [4.78, 5) is 20.6. The molecule has 0 bridgehead atoms. The number of likely N-dealkylation sites (tertiary alicyclic amines) is 1. The second-order valence-electron chi connectivity index (χ2n) is 8.22. The van der Waals surface area contributed by atoms with Crippen molar-refractivity contribution >= 4 is 40.6 Å². The number of halogens is 3. The van der Waals surface area contributed by atoms with Crippen LogP contribution in [0.25, 0.3) is 0 Å². The SMILES string of the molecule is CC1=Nc2ccnn2[C@H](c2ccc(Cl)c(Cl)c2)C1C(=O)N1CCC[C@H]1c1ccc(F)cc1. The molecule has 2 aromatic carbocycles. The highest BCUT2D eigenvalue weighted by Gasteiger charge is 2.43. The van der Waals surface area contributed by atoms with Crippen LogP contribution in [0.1, 0.15) is 43.0 Å². The number of rotatable bonds is 3. The molecule has 32 heavy (non-hydrogen) atoms. The van der Waals surface area contributed by atoms with E-state index < -0.39 is 12.0 Å². The first-order valence-corrected chi connectivity index (χ1v) is 11.3. The summed E-state index contributed by atoms with van der Waals surface area (Å²) in [7, 11) is 0. The minimum absolute atomic E-state index is 0.0182. The predicted octanol–water partition coefficient (Wildman–Crippen LogP) is 6.00. The molecule has 3 aromatic rings. The van der Waals surface area contributed by atoms with Gasteiger partial charge in [0.1, 0.15) is 11.7 Å². The lowest BCUT2D eigenvalue weighted by Gasteiger charge is -2.36. The number of aromatic nitrogens is 2. The summed E-state index contributed by atoms with van der Waals surface area (Å²) < 4.78 is 15.2. The minimum atomic E-state index is -0.541.